The summed E-state index contributed by atoms with van der Waals surface area (Å²) >= 11 is 3.67. The molecular weight excluding hydrogens is 330 g/mol. The van der Waals surface area contributed by atoms with Gasteiger partial charge < -0.3 is 15.5 Å². The van der Waals surface area contributed by atoms with E-state index in [2.05, 4.69) is 57.6 Å². The lowest BCUT2D eigenvalue weighted by molar-refractivity contribution is -0.117. The van der Waals surface area contributed by atoms with E-state index in [-0.39, 0.29) is 11.9 Å². The monoisotopic (exact) mass is 351 g/mol. The maximum Gasteiger partial charge on any atom is 0.246 e. The van der Waals surface area contributed by atoms with Crippen LogP contribution in [0.4, 0.5) is 11.4 Å². The Morgan fingerprint density at radius 2 is 2.19 bits per heavy atom. The zero-order valence-electron chi connectivity index (χ0n) is 12.7. The maximum atomic E-state index is 12.0. The number of amides is 1. The van der Waals surface area contributed by atoms with E-state index in [0.717, 1.165) is 46.3 Å². The number of anilines is 2. The van der Waals surface area contributed by atoms with Crippen molar-refractivity contribution >= 4 is 33.2 Å². The summed E-state index contributed by atoms with van der Waals surface area (Å²) in [5.74, 6) is 1.69. The molecule has 3 rings (SSSR count). The van der Waals surface area contributed by atoms with E-state index in [4.69, 9.17) is 0 Å². The first-order chi connectivity index (χ1) is 10.0. The van der Waals surface area contributed by atoms with Crippen molar-refractivity contribution < 1.29 is 4.79 Å². The summed E-state index contributed by atoms with van der Waals surface area (Å²) in [6, 6.07) is 3.92. The average molecular weight is 352 g/mol. The van der Waals surface area contributed by atoms with Gasteiger partial charge in [0.25, 0.3) is 0 Å². The van der Waals surface area contributed by atoms with Crippen LogP contribution < -0.4 is 15.5 Å². The summed E-state index contributed by atoms with van der Waals surface area (Å²) in [5, 5.41) is 6.21. The van der Waals surface area contributed by atoms with Crippen LogP contribution in [0.2, 0.25) is 0 Å². The van der Waals surface area contributed by atoms with Gasteiger partial charge in [-0.25, -0.2) is 0 Å². The SMILES string of the molecule is CCNC1C(=O)Nc2cc(N(C)CC3CC3C)c(Br)cc21. The lowest BCUT2D eigenvalue weighted by Crippen LogP contribution is -2.27. The molecule has 1 saturated carbocycles. The van der Waals surface area contributed by atoms with E-state index in [9.17, 15) is 4.79 Å². The van der Waals surface area contributed by atoms with E-state index in [1.54, 1.807) is 0 Å². The Hall–Kier alpha value is -1.07. The standard InChI is InChI=1S/C16H22BrN3O/c1-4-18-15-11-6-12(17)14(7-13(11)19-16(15)21)20(3)8-10-5-9(10)2/h6-7,9-10,15,18H,4-5,8H2,1-3H3,(H,19,21). The molecule has 3 atom stereocenters. The Morgan fingerprint density at radius 3 is 2.81 bits per heavy atom. The van der Waals surface area contributed by atoms with E-state index < -0.39 is 0 Å². The third-order valence-electron chi connectivity index (χ3n) is 4.55. The van der Waals surface area contributed by atoms with Gasteiger partial charge in [0, 0.05) is 29.3 Å². The van der Waals surface area contributed by atoms with Gasteiger partial charge in [0.15, 0.2) is 0 Å². The first-order valence-electron chi connectivity index (χ1n) is 7.60. The fraction of sp³-hybridized carbons (Fsp3) is 0.562. The third-order valence-corrected chi connectivity index (χ3v) is 5.19. The predicted octanol–water partition coefficient (Wildman–Crippen LogP) is 3.14. The van der Waals surface area contributed by atoms with Crippen molar-refractivity contribution in [3.05, 3.63) is 22.2 Å². The van der Waals surface area contributed by atoms with Crippen LogP contribution in [-0.4, -0.2) is 26.0 Å². The normalized spacial score (nSPS) is 26.5. The van der Waals surface area contributed by atoms with Crippen LogP contribution in [0.15, 0.2) is 16.6 Å². The molecule has 0 aromatic heterocycles. The molecule has 2 aliphatic rings. The van der Waals surface area contributed by atoms with Crippen molar-refractivity contribution in [2.24, 2.45) is 11.8 Å². The van der Waals surface area contributed by atoms with E-state index in [1.807, 2.05) is 6.92 Å². The molecule has 1 aliphatic heterocycles. The van der Waals surface area contributed by atoms with Crippen molar-refractivity contribution in [3.8, 4) is 0 Å². The highest BCUT2D eigenvalue weighted by molar-refractivity contribution is 9.10. The van der Waals surface area contributed by atoms with E-state index in [1.165, 1.54) is 6.42 Å². The number of fused-ring (bicyclic) bond motifs is 1. The molecule has 21 heavy (non-hydrogen) atoms. The zero-order chi connectivity index (χ0) is 15.1. The molecule has 2 N–H and O–H groups in total. The zero-order valence-corrected chi connectivity index (χ0v) is 14.3. The molecule has 4 nitrogen and oxygen atoms in total. The fourth-order valence-electron chi connectivity index (χ4n) is 3.07. The van der Waals surface area contributed by atoms with Gasteiger partial charge in [-0.3, -0.25) is 4.79 Å². The van der Waals surface area contributed by atoms with Crippen molar-refractivity contribution in [2.75, 3.05) is 30.4 Å². The highest BCUT2D eigenvalue weighted by atomic mass is 79.9. The van der Waals surface area contributed by atoms with Crippen LogP contribution in [0.5, 0.6) is 0 Å². The first-order valence-corrected chi connectivity index (χ1v) is 8.39. The van der Waals surface area contributed by atoms with Crippen LogP contribution in [0, 0.1) is 11.8 Å². The lowest BCUT2D eigenvalue weighted by atomic mass is 10.1. The van der Waals surface area contributed by atoms with Gasteiger partial charge in [0.2, 0.25) is 5.91 Å². The van der Waals surface area contributed by atoms with Gasteiger partial charge in [-0.05, 0) is 52.9 Å². The number of nitrogens with zero attached hydrogens (tertiary/aromatic N) is 1. The number of hydrogen-bond acceptors (Lipinski definition) is 3. The largest absolute Gasteiger partial charge is 0.373 e. The molecule has 0 bridgehead atoms. The van der Waals surface area contributed by atoms with Gasteiger partial charge in [-0.2, -0.15) is 0 Å². The molecule has 0 saturated heterocycles. The average Bonchev–Trinajstić information content (AvgIpc) is 3.03. The molecule has 1 aliphatic carbocycles. The highest BCUT2D eigenvalue weighted by Gasteiger charge is 2.34. The van der Waals surface area contributed by atoms with Crippen LogP contribution in [0.3, 0.4) is 0 Å². The predicted molar refractivity (Wildman–Crippen MR) is 89.7 cm³/mol. The van der Waals surface area contributed by atoms with Gasteiger partial charge in [-0.15, -0.1) is 0 Å². The molecule has 1 aromatic rings. The van der Waals surface area contributed by atoms with Crippen molar-refractivity contribution in [1.29, 1.82) is 0 Å². The second kappa shape index (κ2) is 5.61. The topological polar surface area (TPSA) is 44.4 Å². The Kier molecular flexibility index (Phi) is 3.97. The molecular formula is C16H22BrN3O. The molecule has 0 radical (unpaired) electrons. The van der Waals surface area contributed by atoms with Crippen LogP contribution in [0.25, 0.3) is 0 Å². The van der Waals surface area contributed by atoms with Gasteiger partial charge >= 0.3 is 0 Å². The summed E-state index contributed by atoms with van der Waals surface area (Å²) < 4.78 is 1.05. The molecule has 114 valence electrons. The van der Waals surface area contributed by atoms with Gasteiger partial charge in [0.1, 0.15) is 6.04 Å². The second-order valence-electron chi connectivity index (χ2n) is 6.22. The molecule has 1 heterocycles. The van der Waals surface area contributed by atoms with Gasteiger partial charge in [-0.1, -0.05) is 13.8 Å². The minimum atomic E-state index is -0.232. The van der Waals surface area contributed by atoms with Crippen molar-refractivity contribution in [1.82, 2.24) is 5.32 Å². The lowest BCUT2D eigenvalue weighted by Gasteiger charge is -2.22. The van der Waals surface area contributed by atoms with E-state index in [0.29, 0.717) is 0 Å². The Labute approximate surface area is 134 Å². The number of carbonyl (C=O) groups is 1. The highest BCUT2D eigenvalue weighted by Crippen LogP contribution is 2.42. The van der Waals surface area contributed by atoms with Crippen LogP contribution in [0.1, 0.15) is 31.9 Å². The number of benzene rings is 1. The molecule has 1 aromatic carbocycles. The summed E-state index contributed by atoms with van der Waals surface area (Å²) in [5.41, 5.74) is 3.11. The molecule has 0 spiro atoms. The fourth-order valence-corrected chi connectivity index (χ4v) is 3.74. The second-order valence-corrected chi connectivity index (χ2v) is 7.08. The number of rotatable bonds is 5. The van der Waals surface area contributed by atoms with E-state index >= 15 is 0 Å². The van der Waals surface area contributed by atoms with Crippen LogP contribution in [-0.2, 0) is 4.79 Å². The summed E-state index contributed by atoms with van der Waals surface area (Å²) in [6.07, 6.45) is 1.33. The summed E-state index contributed by atoms with van der Waals surface area (Å²) in [7, 11) is 2.12. The smallest absolute Gasteiger partial charge is 0.246 e. The minimum Gasteiger partial charge on any atom is -0.373 e. The number of nitrogens with one attached hydrogen (secondary N) is 2. The minimum absolute atomic E-state index is 0.0365. The number of likely N-dealkylation sites (N-methyl/N-ethyl adjacent to an activating group) is 1. The maximum absolute atomic E-state index is 12.0. The quantitative estimate of drug-likeness (QED) is 0.856. The number of hydrogen-bond donors (Lipinski definition) is 2. The molecule has 3 unspecified atom stereocenters. The summed E-state index contributed by atoms with van der Waals surface area (Å²) in [6.45, 7) is 6.16. The molecule has 1 fully saturated rings. The summed E-state index contributed by atoms with van der Waals surface area (Å²) in [4.78, 5) is 14.3. The number of carbonyl (C=O) groups excluding carboxylic acids is 1. The Balaban J connectivity index is 1.85. The Bertz CT molecular complexity index is 575. The third kappa shape index (κ3) is 2.81. The van der Waals surface area contributed by atoms with Gasteiger partial charge in [0.05, 0.1) is 5.69 Å². The number of halogens is 1. The molecule has 1 amide bonds. The van der Waals surface area contributed by atoms with Crippen molar-refractivity contribution in [2.45, 2.75) is 26.3 Å². The van der Waals surface area contributed by atoms with Crippen molar-refractivity contribution in [3.63, 3.8) is 0 Å². The molecule has 5 heteroatoms. The van der Waals surface area contributed by atoms with Crippen LogP contribution >= 0.6 is 15.9 Å². The Morgan fingerprint density at radius 1 is 1.48 bits per heavy atom. The first kappa shape index (κ1) is 14.9.